The predicted octanol–water partition coefficient (Wildman–Crippen LogP) is 0.694. The van der Waals surface area contributed by atoms with Gasteiger partial charge < -0.3 is 16.2 Å². The SMILES string of the molecule is CCc1nc(OC)c(CN)cc1N. The van der Waals surface area contributed by atoms with E-state index < -0.39 is 0 Å². The van der Waals surface area contributed by atoms with Gasteiger partial charge in [0.2, 0.25) is 5.88 Å². The summed E-state index contributed by atoms with van der Waals surface area (Å²) >= 11 is 0. The van der Waals surface area contributed by atoms with Crippen LogP contribution in [0.1, 0.15) is 18.2 Å². The molecule has 1 heterocycles. The van der Waals surface area contributed by atoms with Crippen molar-refractivity contribution in [2.45, 2.75) is 19.9 Å². The van der Waals surface area contributed by atoms with Crippen molar-refractivity contribution in [3.05, 3.63) is 17.3 Å². The summed E-state index contributed by atoms with van der Waals surface area (Å²) in [6.07, 6.45) is 0.799. The van der Waals surface area contributed by atoms with E-state index in [0.717, 1.165) is 17.7 Å². The van der Waals surface area contributed by atoms with Crippen LogP contribution in [-0.2, 0) is 13.0 Å². The molecule has 1 aromatic heterocycles. The quantitative estimate of drug-likeness (QED) is 0.719. The summed E-state index contributed by atoms with van der Waals surface area (Å²) in [5.41, 5.74) is 13.7. The Kier molecular flexibility index (Phi) is 3.08. The van der Waals surface area contributed by atoms with Crippen molar-refractivity contribution in [2.75, 3.05) is 12.8 Å². The molecule has 4 N–H and O–H groups in total. The van der Waals surface area contributed by atoms with Gasteiger partial charge in [-0.05, 0) is 12.5 Å². The molecule has 0 saturated heterocycles. The van der Waals surface area contributed by atoms with E-state index in [1.54, 1.807) is 7.11 Å². The zero-order valence-corrected chi connectivity index (χ0v) is 8.00. The minimum atomic E-state index is 0.393. The van der Waals surface area contributed by atoms with Gasteiger partial charge in [-0.1, -0.05) is 6.92 Å². The van der Waals surface area contributed by atoms with Crippen LogP contribution in [0, 0.1) is 0 Å². The van der Waals surface area contributed by atoms with Crippen LogP contribution in [0.25, 0.3) is 0 Å². The van der Waals surface area contributed by atoms with Crippen LogP contribution >= 0.6 is 0 Å². The fourth-order valence-electron chi connectivity index (χ4n) is 1.20. The van der Waals surface area contributed by atoms with Gasteiger partial charge >= 0.3 is 0 Å². The van der Waals surface area contributed by atoms with E-state index in [0.29, 0.717) is 18.1 Å². The number of hydrogen-bond acceptors (Lipinski definition) is 4. The lowest BCUT2D eigenvalue weighted by Gasteiger charge is -2.09. The number of rotatable bonds is 3. The van der Waals surface area contributed by atoms with Crippen molar-refractivity contribution in [1.29, 1.82) is 0 Å². The van der Waals surface area contributed by atoms with Crippen molar-refractivity contribution in [3.8, 4) is 5.88 Å². The Morgan fingerprint density at radius 1 is 1.54 bits per heavy atom. The smallest absolute Gasteiger partial charge is 0.217 e. The van der Waals surface area contributed by atoms with E-state index in [1.807, 2.05) is 13.0 Å². The molecule has 0 fully saturated rings. The molecule has 0 aromatic carbocycles. The molecular weight excluding hydrogens is 166 g/mol. The van der Waals surface area contributed by atoms with Gasteiger partial charge in [0.25, 0.3) is 0 Å². The molecule has 4 heteroatoms. The normalized spacial score (nSPS) is 10.1. The van der Waals surface area contributed by atoms with Crippen LogP contribution in [0.15, 0.2) is 6.07 Å². The maximum Gasteiger partial charge on any atom is 0.217 e. The lowest BCUT2D eigenvalue weighted by molar-refractivity contribution is 0.391. The largest absolute Gasteiger partial charge is 0.481 e. The van der Waals surface area contributed by atoms with Crippen molar-refractivity contribution in [3.63, 3.8) is 0 Å². The summed E-state index contributed by atoms with van der Waals surface area (Å²) in [5, 5.41) is 0. The molecular formula is C9H15N3O. The molecule has 0 radical (unpaired) electrons. The third-order valence-corrected chi connectivity index (χ3v) is 1.92. The number of anilines is 1. The van der Waals surface area contributed by atoms with Crippen LogP contribution in [0.3, 0.4) is 0 Å². The molecule has 0 spiro atoms. The topological polar surface area (TPSA) is 74.2 Å². The van der Waals surface area contributed by atoms with Gasteiger partial charge in [0, 0.05) is 12.1 Å². The standard InChI is InChI=1S/C9H15N3O/c1-3-8-7(11)4-6(5-10)9(12-8)13-2/h4H,3,5,10-11H2,1-2H3. The van der Waals surface area contributed by atoms with Gasteiger partial charge in [-0.15, -0.1) is 0 Å². The van der Waals surface area contributed by atoms with Crippen molar-refractivity contribution in [1.82, 2.24) is 4.98 Å². The molecule has 72 valence electrons. The first-order valence-corrected chi connectivity index (χ1v) is 4.25. The second kappa shape index (κ2) is 4.09. The molecule has 1 rings (SSSR count). The molecule has 0 atom stereocenters. The lowest BCUT2D eigenvalue weighted by atomic mass is 10.2. The number of nitrogen functional groups attached to an aromatic ring is 1. The number of ether oxygens (including phenoxy) is 1. The second-order valence-corrected chi connectivity index (χ2v) is 2.75. The monoisotopic (exact) mass is 181 g/mol. The number of methoxy groups -OCH3 is 1. The van der Waals surface area contributed by atoms with Crippen LogP contribution in [0.4, 0.5) is 5.69 Å². The first-order valence-electron chi connectivity index (χ1n) is 4.25. The summed E-state index contributed by atoms with van der Waals surface area (Å²) in [5.74, 6) is 0.577. The summed E-state index contributed by atoms with van der Waals surface area (Å²) in [4.78, 5) is 4.25. The second-order valence-electron chi connectivity index (χ2n) is 2.75. The number of nitrogens with zero attached hydrogens (tertiary/aromatic N) is 1. The molecule has 0 aliphatic rings. The van der Waals surface area contributed by atoms with Crippen LogP contribution in [-0.4, -0.2) is 12.1 Å². The Bertz CT molecular complexity index is 299. The first-order chi connectivity index (χ1) is 6.22. The van der Waals surface area contributed by atoms with Gasteiger partial charge in [-0.25, -0.2) is 4.98 Å². The van der Waals surface area contributed by atoms with Crippen molar-refractivity contribution in [2.24, 2.45) is 5.73 Å². The van der Waals surface area contributed by atoms with Gasteiger partial charge in [0.1, 0.15) is 0 Å². The third kappa shape index (κ3) is 1.89. The highest BCUT2D eigenvalue weighted by atomic mass is 16.5. The van der Waals surface area contributed by atoms with Crippen LogP contribution in [0.5, 0.6) is 5.88 Å². The Morgan fingerprint density at radius 3 is 2.69 bits per heavy atom. The maximum absolute atomic E-state index is 5.76. The molecule has 0 amide bonds. The van der Waals surface area contributed by atoms with Crippen LogP contribution in [0.2, 0.25) is 0 Å². The molecule has 0 saturated carbocycles. The first kappa shape index (κ1) is 9.80. The number of nitrogens with two attached hydrogens (primary N) is 2. The van der Waals surface area contributed by atoms with Crippen molar-refractivity contribution < 1.29 is 4.74 Å². The highest BCUT2D eigenvalue weighted by Crippen LogP contribution is 2.20. The predicted molar refractivity (Wildman–Crippen MR) is 52.5 cm³/mol. The zero-order valence-electron chi connectivity index (χ0n) is 8.00. The van der Waals surface area contributed by atoms with E-state index in [9.17, 15) is 0 Å². The highest BCUT2D eigenvalue weighted by molar-refractivity contribution is 5.48. The fourth-order valence-corrected chi connectivity index (χ4v) is 1.20. The average Bonchev–Trinajstić information content (AvgIpc) is 2.17. The van der Waals surface area contributed by atoms with Gasteiger partial charge in [-0.3, -0.25) is 0 Å². The van der Waals surface area contributed by atoms with Crippen LogP contribution < -0.4 is 16.2 Å². The maximum atomic E-state index is 5.76. The molecule has 0 aliphatic carbocycles. The van der Waals surface area contributed by atoms with E-state index in [-0.39, 0.29) is 0 Å². The van der Waals surface area contributed by atoms with E-state index in [4.69, 9.17) is 16.2 Å². The lowest BCUT2D eigenvalue weighted by Crippen LogP contribution is -2.06. The molecule has 4 nitrogen and oxygen atoms in total. The minimum Gasteiger partial charge on any atom is -0.481 e. The summed E-state index contributed by atoms with van der Waals surface area (Å²) < 4.78 is 5.09. The number of aryl methyl sites for hydroxylation is 1. The van der Waals surface area contributed by atoms with Crippen molar-refractivity contribution >= 4 is 5.69 Å². The average molecular weight is 181 g/mol. The minimum absolute atomic E-state index is 0.393. The molecule has 1 aromatic rings. The molecule has 0 unspecified atom stereocenters. The van der Waals surface area contributed by atoms with Gasteiger partial charge in [0.15, 0.2) is 0 Å². The Balaban J connectivity index is 3.18. The number of pyridine rings is 1. The summed E-state index contributed by atoms with van der Waals surface area (Å²) in [6, 6.07) is 1.82. The summed E-state index contributed by atoms with van der Waals surface area (Å²) in [6.45, 7) is 2.39. The summed E-state index contributed by atoms with van der Waals surface area (Å²) in [7, 11) is 1.58. The third-order valence-electron chi connectivity index (χ3n) is 1.92. The van der Waals surface area contributed by atoms with Gasteiger partial charge in [-0.2, -0.15) is 0 Å². The Labute approximate surface area is 77.9 Å². The Hall–Kier alpha value is -1.29. The van der Waals surface area contributed by atoms with E-state index in [2.05, 4.69) is 4.98 Å². The zero-order chi connectivity index (χ0) is 9.84. The molecule has 0 aliphatic heterocycles. The fraction of sp³-hybridized carbons (Fsp3) is 0.444. The number of hydrogen-bond donors (Lipinski definition) is 2. The molecule has 13 heavy (non-hydrogen) atoms. The van der Waals surface area contributed by atoms with Gasteiger partial charge in [0.05, 0.1) is 18.5 Å². The highest BCUT2D eigenvalue weighted by Gasteiger charge is 2.07. The van der Waals surface area contributed by atoms with E-state index >= 15 is 0 Å². The number of aromatic nitrogens is 1. The Morgan fingerprint density at radius 2 is 2.23 bits per heavy atom. The molecule has 0 bridgehead atoms. The van der Waals surface area contributed by atoms with E-state index in [1.165, 1.54) is 0 Å².